The molecule has 2 aromatic rings. The van der Waals surface area contributed by atoms with Crippen molar-refractivity contribution in [2.24, 2.45) is 5.92 Å². The van der Waals surface area contributed by atoms with E-state index in [0.717, 1.165) is 11.1 Å². The molecule has 8 heteroatoms. The lowest BCUT2D eigenvalue weighted by atomic mass is 9.92. The molecule has 5 nitrogen and oxygen atoms in total. The van der Waals surface area contributed by atoms with Gasteiger partial charge >= 0.3 is 6.36 Å². The molecule has 1 aliphatic heterocycles. The Balaban J connectivity index is 1.75. The molecule has 1 heterocycles. The Morgan fingerprint density at radius 2 is 1.72 bits per heavy atom. The first-order chi connectivity index (χ1) is 15.0. The third-order valence-corrected chi connectivity index (χ3v) is 5.39. The summed E-state index contributed by atoms with van der Waals surface area (Å²) in [5.74, 6) is -0.405. The number of amides is 2. The predicted molar refractivity (Wildman–Crippen MR) is 114 cm³/mol. The smallest absolute Gasteiger partial charge is 0.406 e. The predicted octanol–water partition coefficient (Wildman–Crippen LogP) is 4.54. The molecule has 0 saturated heterocycles. The molecule has 0 aromatic heterocycles. The summed E-state index contributed by atoms with van der Waals surface area (Å²) in [5, 5.41) is 0. The zero-order valence-electron chi connectivity index (χ0n) is 18.4. The second-order valence-electron chi connectivity index (χ2n) is 8.49. The topological polar surface area (TPSA) is 49.9 Å². The molecule has 1 atom stereocenters. The fourth-order valence-electron chi connectivity index (χ4n) is 3.87. The number of benzene rings is 2. The van der Waals surface area contributed by atoms with Crippen molar-refractivity contribution in [1.82, 2.24) is 9.80 Å². The van der Waals surface area contributed by atoms with Crippen LogP contribution >= 0.6 is 0 Å². The average molecular weight is 448 g/mol. The van der Waals surface area contributed by atoms with Crippen molar-refractivity contribution >= 4 is 11.8 Å². The second kappa shape index (κ2) is 9.63. The lowest BCUT2D eigenvalue weighted by Crippen LogP contribution is -2.52. The standard InChI is InChI=1S/C24H27F3N2O3/c1-16(2)12-22(30)29-15-19-7-5-4-6-18(19)13-21(29)23(31)28(3)14-17-8-10-20(11-9-17)32-24(25,26)27/h4-11,16,21H,12-15H2,1-3H3. The van der Waals surface area contributed by atoms with Crippen LogP contribution in [0.1, 0.15) is 37.0 Å². The van der Waals surface area contributed by atoms with Gasteiger partial charge in [0.1, 0.15) is 11.8 Å². The number of nitrogens with zero attached hydrogens (tertiary/aromatic N) is 2. The quantitative estimate of drug-likeness (QED) is 0.652. The minimum atomic E-state index is -4.75. The van der Waals surface area contributed by atoms with Gasteiger partial charge in [0.05, 0.1) is 0 Å². The molecule has 32 heavy (non-hydrogen) atoms. The van der Waals surface area contributed by atoms with Gasteiger partial charge in [-0.1, -0.05) is 50.2 Å². The Bertz CT molecular complexity index is 958. The summed E-state index contributed by atoms with van der Waals surface area (Å²) in [4.78, 5) is 29.4. The van der Waals surface area contributed by atoms with Crippen LogP contribution in [0.4, 0.5) is 13.2 Å². The number of alkyl halides is 3. The summed E-state index contributed by atoms with van der Waals surface area (Å²) < 4.78 is 40.9. The van der Waals surface area contributed by atoms with Crippen LogP contribution in [0.5, 0.6) is 5.75 Å². The van der Waals surface area contributed by atoms with E-state index >= 15 is 0 Å². The lowest BCUT2D eigenvalue weighted by Gasteiger charge is -2.38. The maximum absolute atomic E-state index is 13.3. The van der Waals surface area contributed by atoms with E-state index in [1.807, 2.05) is 38.1 Å². The molecule has 1 aliphatic rings. The van der Waals surface area contributed by atoms with Gasteiger partial charge in [-0.15, -0.1) is 13.2 Å². The van der Waals surface area contributed by atoms with Crippen LogP contribution in [0.3, 0.4) is 0 Å². The highest BCUT2D eigenvalue weighted by Gasteiger charge is 2.36. The number of halogens is 3. The van der Waals surface area contributed by atoms with Crippen LogP contribution in [-0.2, 0) is 29.1 Å². The van der Waals surface area contributed by atoms with Crippen molar-refractivity contribution in [3.8, 4) is 5.75 Å². The molecular weight excluding hydrogens is 421 g/mol. The summed E-state index contributed by atoms with van der Waals surface area (Å²) in [5.41, 5.74) is 2.74. The minimum Gasteiger partial charge on any atom is -0.406 e. The maximum atomic E-state index is 13.3. The van der Waals surface area contributed by atoms with Crippen LogP contribution < -0.4 is 4.74 Å². The van der Waals surface area contributed by atoms with Gasteiger partial charge < -0.3 is 14.5 Å². The zero-order valence-corrected chi connectivity index (χ0v) is 18.4. The van der Waals surface area contributed by atoms with Crippen molar-refractivity contribution in [1.29, 1.82) is 0 Å². The number of carbonyl (C=O) groups is 2. The Hall–Kier alpha value is -3.03. The second-order valence-corrected chi connectivity index (χ2v) is 8.49. The van der Waals surface area contributed by atoms with Gasteiger partial charge in [0.2, 0.25) is 11.8 Å². The molecule has 0 radical (unpaired) electrons. The Morgan fingerprint density at radius 3 is 2.31 bits per heavy atom. The number of hydrogen-bond donors (Lipinski definition) is 0. The molecule has 172 valence electrons. The number of ether oxygens (including phenoxy) is 1. The Kier molecular flexibility index (Phi) is 7.11. The van der Waals surface area contributed by atoms with Crippen molar-refractivity contribution in [2.45, 2.75) is 52.2 Å². The van der Waals surface area contributed by atoms with E-state index in [-0.39, 0.29) is 30.0 Å². The van der Waals surface area contributed by atoms with Gasteiger partial charge in [-0.3, -0.25) is 9.59 Å². The SMILES string of the molecule is CC(C)CC(=O)N1Cc2ccccc2CC1C(=O)N(C)Cc1ccc(OC(F)(F)F)cc1. The first-order valence-corrected chi connectivity index (χ1v) is 10.5. The van der Waals surface area contributed by atoms with Crippen LogP contribution in [-0.4, -0.2) is 41.1 Å². The van der Waals surface area contributed by atoms with Crippen LogP contribution in [0, 0.1) is 5.92 Å². The normalized spacial score (nSPS) is 16.0. The number of carbonyl (C=O) groups excluding carboxylic acids is 2. The first kappa shape index (κ1) is 23.6. The lowest BCUT2D eigenvalue weighted by molar-refractivity contribution is -0.274. The van der Waals surface area contributed by atoms with Gasteiger partial charge in [0.25, 0.3) is 0 Å². The summed E-state index contributed by atoms with van der Waals surface area (Å²) in [7, 11) is 1.63. The van der Waals surface area contributed by atoms with Crippen LogP contribution in [0.15, 0.2) is 48.5 Å². The number of likely N-dealkylation sites (N-methyl/N-ethyl adjacent to an activating group) is 1. The fourth-order valence-corrected chi connectivity index (χ4v) is 3.87. The molecule has 2 amide bonds. The van der Waals surface area contributed by atoms with Gasteiger partial charge in [-0.2, -0.15) is 0 Å². The van der Waals surface area contributed by atoms with Crippen molar-refractivity contribution in [3.63, 3.8) is 0 Å². The summed E-state index contributed by atoms with van der Waals surface area (Å²) in [6, 6.07) is 12.6. The first-order valence-electron chi connectivity index (χ1n) is 10.5. The Labute approximate surface area is 185 Å². The molecule has 0 aliphatic carbocycles. The van der Waals surface area contributed by atoms with E-state index in [2.05, 4.69) is 4.74 Å². The molecule has 0 bridgehead atoms. The average Bonchev–Trinajstić information content (AvgIpc) is 2.72. The van der Waals surface area contributed by atoms with Crippen LogP contribution in [0.2, 0.25) is 0 Å². The monoisotopic (exact) mass is 448 g/mol. The third kappa shape index (κ3) is 6.02. The van der Waals surface area contributed by atoms with E-state index in [9.17, 15) is 22.8 Å². The number of fused-ring (bicyclic) bond motifs is 1. The highest BCUT2D eigenvalue weighted by atomic mass is 19.4. The molecule has 0 fully saturated rings. The minimum absolute atomic E-state index is 0.0603. The maximum Gasteiger partial charge on any atom is 0.573 e. The number of hydrogen-bond acceptors (Lipinski definition) is 3. The van der Waals surface area contributed by atoms with E-state index in [1.165, 1.54) is 29.2 Å². The molecule has 0 spiro atoms. The van der Waals surface area contributed by atoms with E-state index in [1.54, 1.807) is 11.9 Å². The van der Waals surface area contributed by atoms with E-state index in [0.29, 0.717) is 24.9 Å². The van der Waals surface area contributed by atoms with Crippen LogP contribution in [0.25, 0.3) is 0 Å². The van der Waals surface area contributed by atoms with Gasteiger partial charge in [0, 0.05) is 33.0 Å². The van der Waals surface area contributed by atoms with Crippen molar-refractivity contribution < 1.29 is 27.5 Å². The molecular formula is C24H27F3N2O3. The summed E-state index contributed by atoms with van der Waals surface area (Å²) in [6.45, 7) is 4.51. The summed E-state index contributed by atoms with van der Waals surface area (Å²) in [6.07, 6.45) is -3.96. The van der Waals surface area contributed by atoms with E-state index in [4.69, 9.17) is 0 Å². The van der Waals surface area contributed by atoms with E-state index < -0.39 is 12.4 Å². The zero-order chi connectivity index (χ0) is 23.5. The molecule has 3 rings (SSSR count). The van der Waals surface area contributed by atoms with Crippen molar-refractivity contribution in [3.05, 3.63) is 65.2 Å². The van der Waals surface area contributed by atoms with Gasteiger partial charge in [-0.25, -0.2) is 0 Å². The fraction of sp³-hybridized carbons (Fsp3) is 0.417. The molecule has 0 N–H and O–H groups in total. The van der Waals surface area contributed by atoms with Gasteiger partial charge in [-0.05, 0) is 34.7 Å². The third-order valence-electron chi connectivity index (χ3n) is 5.39. The number of rotatable bonds is 6. The molecule has 0 saturated carbocycles. The van der Waals surface area contributed by atoms with Crippen molar-refractivity contribution in [2.75, 3.05) is 7.05 Å². The largest absolute Gasteiger partial charge is 0.573 e. The Morgan fingerprint density at radius 1 is 1.09 bits per heavy atom. The summed E-state index contributed by atoms with van der Waals surface area (Å²) >= 11 is 0. The van der Waals surface area contributed by atoms with Gasteiger partial charge in [0.15, 0.2) is 0 Å². The highest BCUT2D eigenvalue weighted by molar-refractivity contribution is 5.88. The molecule has 2 aromatic carbocycles. The highest BCUT2D eigenvalue weighted by Crippen LogP contribution is 2.27. The molecule has 1 unspecified atom stereocenters.